The number of nitrogens with zero attached hydrogens (tertiary/aromatic N) is 4. The lowest BCUT2D eigenvalue weighted by Crippen LogP contribution is -2.50. The zero-order chi connectivity index (χ0) is 22.5. The molecule has 1 aromatic carbocycles. The average Bonchev–Trinajstić information content (AvgIpc) is 2.72. The molecular formula is C21H22BrClN4O4. The van der Waals surface area contributed by atoms with Crippen molar-refractivity contribution in [2.24, 2.45) is 0 Å². The van der Waals surface area contributed by atoms with Gasteiger partial charge in [-0.1, -0.05) is 11.6 Å². The maximum Gasteiger partial charge on any atom is 0.410 e. The minimum atomic E-state index is -0.572. The monoisotopic (exact) mass is 508 g/mol. The van der Waals surface area contributed by atoms with Crippen LogP contribution in [-0.4, -0.2) is 53.9 Å². The molecule has 1 saturated heterocycles. The number of benzene rings is 1. The van der Waals surface area contributed by atoms with Crippen molar-refractivity contribution in [2.75, 3.05) is 37.7 Å². The summed E-state index contributed by atoms with van der Waals surface area (Å²) in [5, 5.41) is 11.0. The number of carbonyl (C=O) groups is 1. The predicted octanol–water partition coefficient (Wildman–Crippen LogP) is 3.74. The van der Waals surface area contributed by atoms with Crippen molar-refractivity contribution in [3.8, 4) is 11.8 Å². The summed E-state index contributed by atoms with van der Waals surface area (Å²) >= 11 is 9.88. The van der Waals surface area contributed by atoms with Gasteiger partial charge in [0.15, 0.2) is 5.75 Å². The molecular weight excluding hydrogens is 488 g/mol. The van der Waals surface area contributed by atoms with Crippen molar-refractivity contribution in [1.82, 2.24) is 9.47 Å². The van der Waals surface area contributed by atoms with Crippen molar-refractivity contribution in [3.63, 3.8) is 0 Å². The summed E-state index contributed by atoms with van der Waals surface area (Å²) in [4.78, 5) is 29.1. The molecule has 0 spiro atoms. The van der Waals surface area contributed by atoms with Crippen LogP contribution in [0.5, 0.6) is 5.75 Å². The van der Waals surface area contributed by atoms with Gasteiger partial charge in [-0.2, -0.15) is 5.26 Å². The number of piperazine rings is 1. The minimum Gasteiger partial charge on any atom is -0.488 e. The van der Waals surface area contributed by atoms with Crippen molar-refractivity contribution < 1.29 is 14.3 Å². The number of anilines is 1. The molecule has 1 aromatic heterocycles. The van der Waals surface area contributed by atoms with Gasteiger partial charge in [0.25, 0.3) is 5.56 Å². The van der Waals surface area contributed by atoms with Gasteiger partial charge in [-0.05, 0) is 42.8 Å². The topological polar surface area (TPSA) is 87.8 Å². The fourth-order valence-corrected chi connectivity index (χ4v) is 4.58. The normalized spacial score (nSPS) is 16.1. The summed E-state index contributed by atoms with van der Waals surface area (Å²) in [5.74, 6) is 0.504. The highest BCUT2D eigenvalue weighted by atomic mass is 79.9. The fourth-order valence-electron chi connectivity index (χ4n) is 3.97. The Morgan fingerprint density at radius 3 is 2.55 bits per heavy atom. The second-order valence-electron chi connectivity index (χ2n) is 8.49. The third-order valence-electron chi connectivity index (χ3n) is 5.29. The van der Waals surface area contributed by atoms with Crippen molar-refractivity contribution in [1.29, 1.82) is 5.26 Å². The van der Waals surface area contributed by atoms with Gasteiger partial charge in [0.1, 0.15) is 23.8 Å². The molecule has 2 aliphatic heterocycles. The Balaban J connectivity index is 1.77. The number of hydrogen-bond acceptors (Lipinski definition) is 6. The number of nitriles is 1. The number of amides is 1. The first-order valence-electron chi connectivity index (χ1n) is 9.96. The Morgan fingerprint density at radius 1 is 1.26 bits per heavy atom. The fraction of sp³-hybridized carbons (Fsp3) is 0.476. The van der Waals surface area contributed by atoms with E-state index in [2.05, 4.69) is 22.0 Å². The van der Waals surface area contributed by atoms with Crippen LogP contribution in [0.1, 0.15) is 26.3 Å². The number of ether oxygens (including phenoxy) is 2. The third-order valence-corrected chi connectivity index (χ3v) is 6.61. The molecule has 31 heavy (non-hydrogen) atoms. The van der Waals surface area contributed by atoms with E-state index in [0.717, 1.165) is 0 Å². The summed E-state index contributed by atoms with van der Waals surface area (Å²) in [5.41, 5.74) is 0.305. The number of aromatic nitrogens is 1. The minimum absolute atomic E-state index is 0.0736. The van der Waals surface area contributed by atoms with Crippen molar-refractivity contribution in [3.05, 3.63) is 31.5 Å². The number of pyridine rings is 1. The Labute approximate surface area is 193 Å². The van der Waals surface area contributed by atoms with E-state index in [4.69, 9.17) is 21.1 Å². The summed E-state index contributed by atoms with van der Waals surface area (Å²) < 4.78 is 13.4. The summed E-state index contributed by atoms with van der Waals surface area (Å²) in [6.07, 6.45) is -0.370. The molecule has 0 bridgehead atoms. The lowest BCUT2D eigenvalue weighted by Gasteiger charge is -2.38. The zero-order valence-electron chi connectivity index (χ0n) is 17.5. The molecule has 0 unspecified atom stereocenters. The zero-order valence-corrected chi connectivity index (χ0v) is 19.8. The third kappa shape index (κ3) is 3.83. The maximum atomic E-state index is 13.1. The first-order valence-corrected chi connectivity index (χ1v) is 11.1. The van der Waals surface area contributed by atoms with Crippen LogP contribution in [-0.2, 0) is 11.3 Å². The molecule has 4 rings (SSSR count). The van der Waals surface area contributed by atoms with E-state index in [1.807, 2.05) is 25.7 Å². The van der Waals surface area contributed by atoms with Crippen LogP contribution in [0.2, 0.25) is 5.02 Å². The molecule has 2 aromatic rings. The second-order valence-corrected chi connectivity index (χ2v) is 9.69. The quantitative estimate of drug-likeness (QED) is 0.582. The molecule has 1 fully saturated rings. The predicted molar refractivity (Wildman–Crippen MR) is 121 cm³/mol. The van der Waals surface area contributed by atoms with Gasteiger partial charge in [-0.25, -0.2) is 4.79 Å². The smallest absolute Gasteiger partial charge is 0.410 e. The summed E-state index contributed by atoms with van der Waals surface area (Å²) in [6, 6.07) is 3.85. The van der Waals surface area contributed by atoms with E-state index < -0.39 is 5.60 Å². The SMILES string of the molecule is CC(C)(C)OC(=O)N1CCN(c2c(C#N)c(=O)n3c4c(c(Br)c(Cl)cc24)OCC3)CC1. The Bertz CT molecular complexity index is 1170. The average molecular weight is 510 g/mol. The Hall–Kier alpha value is -2.44. The summed E-state index contributed by atoms with van der Waals surface area (Å²) in [6.45, 7) is 7.90. The van der Waals surface area contributed by atoms with E-state index in [1.54, 1.807) is 15.5 Å². The van der Waals surface area contributed by atoms with E-state index in [0.29, 0.717) is 71.2 Å². The van der Waals surface area contributed by atoms with Crippen LogP contribution >= 0.6 is 27.5 Å². The lowest BCUT2D eigenvalue weighted by atomic mass is 10.1. The highest BCUT2D eigenvalue weighted by Crippen LogP contribution is 2.44. The molecule has 0 saturated carbocycles. The van der Waals surface area contributed by atoms with Crippen molar-refractivity contribution in [2.45, 2.75) is 32.9 Å². The highest BCUT2D eigenvalue weighted by Gasteiger charge is 2.31. The van der Waals surface area contributed by atoms with Crippen molar-refractivity contribution >= 4 is 50.2 Å². The molecule has 0 radical (unpaired) electrons. The second kappa shape index (κ2) is 7.92. The molecule has 10 heteroatoms. The number of carbonyl (C=O) groups excluding carboxylic acids is 1. The number of halogens is 2. The first kappa shape index (κ1) is 21.8. The Morgan fingerprint density at radius 2 is 1.94 bits per heavy atom. The van der Waals surface area contributed by atoms with Gasteiger partial charge < -0.3 is 23.8 Å². The van der Waals surface area contributed by atoms with Gasteiger partial charge in [0.2, 0.25) is 0 Å². The van der Waals surface area contributed by atoms with Gasteiger partial charge >= 0.3 is 6.09 Å². The van der Waals surface area contributed by atoms with Gasteiger partial charge in [-0.3, -0.25) is 4.79 Å². The lowest BCUT2D eigenvalue weighted by molar-refractivity contribution is 0.0240. The molecule has 0 aliphatic carbocycles. The van der Waals surface area contributed by atoms with Crippen LogP contribution in [0.25, 0.3) is 10.9 Å². The van der Waals surface area contributed by atoms with Gasteiger partial charge in [-0.15, -0.1) is 0 Å². The summed E-state index contributed by atoms with van der Waals surface area (Å²) in [7, 11) is 0. The molecule has 3 heterocycles. The number of hydrogen-bond donors (Lipinski definition) is 0. The molecule has 2 aliphatic rings. The van der Waals surface area contributed by atoms with E-state index in [9.17, 15) is 14.9 Å². The van der Waals surface area contributed by atoms with Crippen LogP contribution in [0.3, 0.4) is 0 Å². The van der Waals surface area contributed by atoms with Gasteiger partial charge in [0, 0.05) is 31.6 Å². The molecule has 8 nitrogen and oxygen atoms in total. The largest absolute Gasteiger partial charge is 0.488 e. The van der Waals surface area contributed by atoms with Crippen LogP contribution < -0.4 is 15.2 Å². The number of rotatable bonds is 1. The maximum absolute atomic E-state index is 13.1. The highest BCUT2D eigenvalue weighted by molar-refractivity contribution is 9.10. The van der Waals surface area contributed by atoms with E-state index >= 15 is 0 Å². The Kier molecular flexibility index (Phi) is 5.56. The standard InChI is InChI=1S/C21H22BrClN4O4/c1-21(2,3)31-20(29)26-6-4-25(5-7-26)16-12-10-14(23)15(22)18-17(12)27(8-9-30-18)19(28)13(16)11-24/h10H,4-9H2,1-3H3. The van der Waals surface area contributed by atoms with E-state index in [-0.39, 0.29) is 17.2 Å². The van der Waals surface area contributed by atoms with Crippen LogP contribution in [0.4, 0.5) is 10.5 Å². The molecule has 0 N–H and O–H groups in total. The first-order chi connectivity index (χ1) is 14.6. The molecule has 1 amide bonds. The van der Waals surface area contributed by atoms with Crippen LogP contribution in [0, 0.1) is 11.3 Å². The molecule has 0 atom stereocenters. The van der Waals surface area contributed by atoms with E-state index in [1.165, 1.54) is 0 Å². The van der Waals surface area contributed by atoms with Gasteiger partial charge in [0.05, 0.1) is 27.2 Å². The van der Waals surface area contributed by atoms with Crippen LogP contribution in [0.15, 0.2) is 15.3 Å². The molecule has 164 valence electrons.